The van der Waals surface area contributed by atoms with Crippen molar-refractivity contribution in [1.82, 2.24) is 19.7 Å². The summed E-state index contributed by atoms with van der Waals surface area (Å²) in [6.07, 6.45) is 5.48. The maximum Gasteiger partial charge on any atom is 0.262 e. The second kappa shape index (κ2) is 5.99. The molecule has 8 heteroatoms. The van der Waals surface area contributed by atoms with Gasteiger partial charge in [-0.3, -0.25) is 0 Å². The third kappa shape index (κ3) is 3.08. The Hall–Kier alpha value is -2.03. The summed E-state index contributed by atoms with van der Waals surface area (Å²) in [4.78, 5) is 0. The quantitative estimate of drug-likeness (QED) is 0.781. The number of nitrogens with zero attached hydrogens (tertiary/aromatic N) is 3. The van der Waals surface area contributed by atoms with Crippen molar-refractivity contribution < 1.29 is 13.5 Å². The zero-order valence-corrected chi connectivity index (χ0v) is 12.5. The van der Waals surface area contributed by atoms with E-state index < -0.39 is 10.0 Å². The maximum atomic E-state index is 12.3. The van der Waals surface area contributed by atoms with Gasteiger partial charge in [-0.1, -0.05) is 35.6 Å². The van der Waals surface area contributed by atoms with Crippen LogP contribution in [0.25, 0.3) is 5.69 Å². The van der Waals surface area contributed by atoms with E-state index in [0.29, 0.717) is 6.42 Å². The normalized spacial score (nSPS) is 21.3. The van der Waals surface area contributed by atoms with E-state index in [1.54, 1.807) is 6.08 Å². The first-order valence-corrected chi connectivity index (χ1v) is 8.36. The summed E-state index contributed by atoms with van der Waals surface area (Å²) in [5.41, 5.74) is 0.734. The Kier molecular flexibility index (Phi) is 4.06. The third-order valence-corrected chi connectivity index (χ3v) is 4.83. The number of hydrogen-bond acceptors (Lipinski definition) is 5. The van der Waals surface area contributed by atoms with Crippen LogP contribution in [0.4, 0.5) is 0 Å². The number of para-hydroxylation sites is 1. The molecule has 1 aromatic carbocycles. The molecule has 2 aromatic rings. The molecule has 1 aliphatic carbocycles. The van der Waals surface area contributed by atoms with E-state index in [9.17, 15) is 8.42 Å². The van der Waals surface area contributed by atoms with Gasteiger partial charge in [-0.05, 0) is 18.6 Å². The minimum absolute atomic E-state index is 0.00676. The zero-order valence-electron chi connectivity index (χ0n) is 11.7. The highest BCUT2D eigenvalue weighted by Gasteiger charge is 2.26. The highest BCUT2D eigenvalue weighted by Crippen LogP contribution is 2.19. The van der Waals surface area contributed by atoms with Crippen LogP contribution in [0.3, 0.4) is 0 Å². The van der Waals surface area contributed by atoms with Crippen molar-refractivity contribution in [3.63, 3.8) is 0 Å². The molecular formula is C14H16N4O3S. The predicted octanol–water partition coefficient (Wildman–Crippen LogP) is 0.483. The highest BCUT2D eigenvalue weighted by atomic mass is 32.2. The smallest absolute Gasteiger partial charge is 0.262 e. The van der Waals surface area contributed by atoms with Crippen LogP contribution >= 0.6 is 0 Å². The largest absolute Gasteiger partial charge is 0.396 e. The van der Waals surface area contributed by atoms with Crippen LogP contribution in [0.1, 0.15) is 6.42 Å². The molecule has 0 radical (unpaired) electrons. The summed E-state index contributed by atoms with van der Waals surface area (Å²) in [5, 5.41) is 16.5. The second-order valence-electron chi connectivity index (χ2n) is 5.13. The lowest BCUT2D eigenvalue weighted by atomic mass is 10.1. The van der Waals surface area contributed by atoms with Crippen molar-refractivity contribution in [2.45, 2.75) is 17.5 Å². The molecule has 0 amide bonds. The summed E-state index contributed by atoms with van der Waals surface area (Å²) in [6.45, 7) is 0.0128. The molecule has 1 aliphatic rings. The van der Waals surface area contributed by atoms with Gasteiger partial charge in [-0.15, -0.1) is 5.10 Å². The van der Waals surface area contributed by atoms with Crippen LogP contribution in [-0.2, 0) is 10.0 Å². The standard InChI is InChI=1S/C14H16N4O3S/c19-10-11-6-7-12(8-11)16-22(20,21)14-9-18(17-15-14)13-4-2-1-3-5-13/h1-7,9,11-12,16,19H,8,10H2/t11-,12+/m0/s1. The fraction of sp³-hybridized carbons (Fsp3) is 0.286. The first-order valence-electron chi connectivity index (χ1n) is 6.88. The van der Waals surface area contributed by atoms with Crippen LogP contribution in [0, 0.1) is 5.92 Å². The zero-order chi connectivity index (χ0) is 15.6. The average Bonchev–Trinajstić information content (AvgIpc) is 3.17. The lowest BCUT2D eigenvalue weighted by molar-refractivity contribution is 0.248. The molecule has 1 aromatic heterocycles. The molecule has 0 bridgehead atoms. The van der Waals surface area contributed by atoms with Crippen molar-refractivity contribution in [2.24, 2.45) is 5.92 Å². The predicted molar refractivity (Wildman–Crippen MR) is 79.8 cm³/mol. The Balaban J connectivity index is 1.76. The summed E-state index contributed by atoms with van der Waals surface area (Å²) in [7, 11) is -3.74. The molecule has 7 nitrogen and oxygen atoms in total. The van der Waals surface area contributed by atoms with Gasteiger partial charge in [0.15, 0.2) is 0 Å². The van der Waals surface area contributed by atoms with Crippen molar-refractivity contribution in [2.75, 3.05) is 6.61 Å². The van der Waals surface area contributed by atoms with Gasteiger partial charge >= 0.3 is 0 Å². The molecule has 1 heterocycles. The van der Waals surface area contributed by atoms with E-state index in [-0.39, 0.29) is 23.6 Å². The van der Waals surface area contributed by atoms with E-state index in [4.69, 9.17) is 5.11 Å². The molecule has 0 saturated carbocycles. The van der Waals surface area contributed by atoms with Crippen LogP contribution < -0.4 is 4.72 Å². The number of aromatic nitrogens is 3. The van der Waals surface area contributed by atoms with E-state index in [2.05, 4.69) is 15.0 Å². The lowest BCUT2D eigenvalue weighted by Gasteiger charge is -2.11. The number of sulfonamides is 1. The fourth-order valence-corrected chi connectivity index (χ4v) is 3.41. The average molecular weight is 320 g/mol. The van der Waals surface area contributed by atoms with Crippen LogP contribution in [0.2, 0.25) is 0 Å². The number of aliphatic hydroxyl groups is 1. The molecule has 0 aliphatic heterocycles. The first-order chi connectivity index (χ1) is 10.6. The van der Waals surface area contributed by atoms with Crippen molar-refractivity contribution in [3.05, 3.63) is 48.7 Å². The van der Waals surface area contributed by atoms with E-state index in [1.807, 2.05) is 36.4 Å². The Morgan fingerprint density at radius 2 is 2.05 bits per heavy atom. The molecule has 116 valence electrons. The van der Waals surface area contributed by atoms with Gasteiger partial charge in [-0.2, -0.15) is 0 Å². The van der Waals surface area contributed by atoms with Crippen molar-refractivity contribution in [1.29, 1.82) is 0 Å². The SMILES string of the molecule is O=S(=O)(N[C@@H]1C=C[C@H](CO)C1)c1cn(-c2ccccc2)nn1. The van der Waals surface area contributed by atoms with Crippen LogP contribution in [0.15, 0.2) is 53.7 Å². The Morgan fingerprint density at radius 1 is 1.27 bits per heavy atom. The molecule has 0 spiro atoms. The van der Waals surface area contributed by atoms with Crippen LogP contribution in [0.5, 0.6) is 0 Å². The maximum absolute atomic E-state index is 12.3. The molecule has 3 rings (SSSR count). The van der Waals surface area contributed by atoms with Gasteiger partial charge < -0.3 is 5.11 Å². The van der Waals surface area contributed by atoms with Crippen molar-refractivity contribution in [3.8, 4) is 5.69 Å². The van der Waals surface area contributed by atoms with E-state index in [1.165, 1.54) is 10.9 Å². The van der Waals surface area contributed by atoms with Gasteiger partial charge in [-0.25, -0.2) is 17.8 Å². The topological polar surface area (TPSA) is 97.1 Å². The first kappa shape index (κ1) is 14.9. The minimum atomic E-state index is -3.74. The molecule has 2 atom stereocenters. The van der Waals surface area contributed by atoms with Gasteiger partial charge in [0.2, 0.25) is 5.03 Å². The summed E-state index contributed by atoms with van der Waals surface area (Å²) < 4.78 is 28.6. The number of aliphatic hydroxyl groups excluding tert-OH is 1. The van der Waals surface area contributed by atoms with Gasteiger partial charge in [0.1, 0.15) is 0 Å². The highest BCUT2D eigenvalue weighted by molar-refractivity contribution is 7.89. The number of hydrogen-bond donors (Lipinski definition) is 2. The number of rotatable bonds is 5. The summed E-state index contributed by atoms with van der Waals surface area (Å²) >= 11 is 0. The van der Waals surface area contributed by atoms with E-state index in [0.717, 1.165) is 5.69 Å². The molecule has 22 heavy (non-hydrogen) atoms. The molecular weight excluding hydrogens is 304 g/mol. The fourth-order valence-electron chi connectivity index (χ4n) is 2.34. The third-order valence-electron chi connectivity index (χ3n) is 3.48. The summed E-state index contributed by atoms with van der Waals surface area (Å²) in [5.74, 6) is -0.00676. The van der Waals surface area contributed by atoms with Crippen molar-refractivity contribution >= 4 is 10.0 Å². The number of benzene rings is 1. The Morgan fingerprint density at radius 3 is 2.73 bits per heavy atom. The minimum Gasteiger partial charge on any atom is -0.396 e. The monoisotopic (exact) mass is 320 g/mol. The molecule has 0 fully saturated rings. The number of nitrogens with one attached hydrogen (secondary N) is 1. The van der Waals surface area contributed by atoms with Gasteiger partial charge in [0.05, 0.1) is 11.9 Å². The van der Waals surface area contributed by atoms with E-state index >= 15 is 0 Å². The second-order valence-corrected chi connectivity index (χ2v) is 6.79. The Labute approximate surface area is 128 Å². The van der Waals surface area contributed by atoms with Gasteiger partial charge in [0.25, 0.3) is 10.0 Å². The van der Waals surface area contributed by atoms with Gasteiger partial charge in [0, 0.05) is 18.6 Å². The summed E-state index contributed by atoms with van der Waals surface area (Å²) in [6, 6.07) is 8.82. The molecule has 0 saturated heterocycles. The molecule has 0 unspecified atom stereocenters. The lowest BCUT2D eigenvalue weighted by Crippen LogP contribution is -2.33. The molecule has 2 N–H and O–H groups in total. The van der Waals surface area contributed by atoms with Crippen LogP contribution in [-0.4, -0.2) is 41.2 Å². The Bertz CT molecular complexity index is 770.